The van der Waals surface area contributed by atoms with Gasteiger partial charge in [-0.15, -0.1) is 0 Å². The number of halogens is 1. The third kappa shape index (κ3) is 7.31. The number of anilines is 1. The van der Waals surface area contributed by atoms with Crippen molar-refractivity contribution in [2.45, 2.75) is 25.0 Å². The van der Waals surface area contributed by atoms with Gasteiger partial charge in [-0.05, 0) is 41.8 Å². The predicted octanol–water partition coefficient (Wildman–Crippen LogP) is 3.47. The van der Waals surface area contributed by atoms with Crippen molar-refractivity contribution in [2.75, 3.05) is 24.2 Å². The van der Waals surface area contributed by atoms with Crippen molar-refractivity contribution < 1.29 is 22.7 Å². The van der Waals surface area contributed by atoms with Gasteiger partial charge in [-0.25, -0.2) is 13.1 Å². The van der Waals surface area contributed by atoms with Crippen LogP contribution in [0.5, 0.6) is 5.75 Å². The van der Waals surface area contributed by atoms with E-state index in [9.17, 15) is 18.0 Å². The summed E-state index contributed by atoms with van der Waals surface area (Å²) < 4.78 is 32.6. The number of carbonyl (C=O) groups is 2. The number of fused-ring (bicyclic) bond motifs is 1. The van der Waals surface area contributed by atoms with Crippen LogP contribution < -0.4 is 19.7 Å². The Morgan fingerprint density at radius 2 is 1.70 bits per heavy atom. The Hall–Kier alpha value is -3.40. The van der Waals surface area contributed by atoms with Gasteiger partial charge in [-0.3, -0.25) is 9.59 Å². The molecular formula is C27H28ClN3O5S. The number of amides is 2. The zero-order chi connectivity index (χ0) is 26.4. The lowest BCUT2D eigenvalue weighted by Gasteiger charge is -2.35. The molecule has 10 heteroatoms. The monoisotopic (exact) mass is 541 g/mol. The topological polar surface area (TPSA) is 105 Å². The van der Waals surface area contributed by atoms with Gasteiger partial charge in [0.05, 0.1) is 24.5 Å². The summed E-state index contributed by atoms with van der Waals surface area (Å²) >= 11 is 5.98. The van der Waals surface area contributed by atoms with E-state index in [0.717, 1.165) is 11.8 Å². The number of sulfonamides is 1. The quantitative estimate of drug-likeness (QED) is 0.431. The summed E-state index contributed by atoms with van der Waals surface area (Å²) in [6, 6.07) is 22.6. The molecule has 0 spiro atoms. The van der Waals surface area contributed by atoms with Crippen molar-refractivity contribution in [3.05, 3.63) is 95.0 Å². The first-order valence-electron chi connectivity index (χ1n) is 11.8. The molecule has 2 N–H and O–H groups in total. The van der Waals surface area contributed by atoms with Crippen LogP contribution in [0.25, 0.3) is 0 Å². The average Bonchev–Trinajstić information content (AvgIpc) is 2.88. The number of nitrogens with zero attached hydrogens (tertiary/aromatic N) is 1. The highest BCUT2D eigenvalue weighted by atomic mass is 35.5. The normalized spacial score (nSPS) is 15.8. The van der Waals surface area contributed by atoms with E-state index in [-0.39, 0.29) is 24.8 Å². The smallest absolute Gasteiger partial charge is 0.262 e. The second-order valence-electron chi connectivity index (χ2n) is 8.80. The Kier molecular flexibility index (Phi) is 8.48. The van der Waals surface area contributed by atoms with Crippen LogP contribution in [0.3, 0.4) is 0 Å². The minimum Gasteiger partial charge on any atom is -0.477 e. The molecule has 4 rings (SSSR count). The molecule has 2 atom stereocenters. The molecule has 1 aliphatic heterocycles. The Morgan fingerprint density at radius 3 is 2.41 bits per heavy atom. The van der Waals surface area contributed by atoms with E-state index >= 15 is 0 Å². The molecule has 194 valence electrons. The third-order valence-corrected chi connectivity index (χ3v) is 6.89. The van der Waals surface area contributed by atoms with Crippen LogP contribution in [0.1, 0.15) is 23.6 Å². The fourth-order valence-electron chi connectivity index (χ4n) is 4.16. The Bertz CT molecular complexity index is 1350. The summed E-state index contributed by atoms with van der Waals surface area (Å²) in [6.45, 7) is 0.425. The largest absolute Gasteiger partial charge is 0.477 e. The molecule has 0 radical (unpaired) electrons. The second kappa shape index (κ2) is 11.8. The first-order valence-corrected chi connectivity index (χ1v) is 14.1. The highest BCUT2D eigenvalue weighted by Gasteiger charge is 2.35. The summed E-state index contributed by atoms with van der Waals surface area (Å²) in [5, 5.41) is 3.38. The van der Waals surface area contributed by atoms with Gasteiger partial charge >= 0.3 is 0 Å². The van der Waals surface area contributed by atoms with Crippen LogP contribution in [-0.2, 0) is 26.0 Å². The summed E-state index contributed by atoms with van der Waals surface area (Å²) in [7, 11) is -3.62. The summed E-state index contributed by atoms with van der Waals surface area (Å²) in [4.78, 5) is 28.0. The molecule has 1 aliphatic rings. The number of hydrogen-bond acceptors (Lipinski definition) is 5. The van der Waals surface area contributed by atoms with Crippen LogP contribution in [-0.4, -0.2) is 45.7 Å². The lowest BCUT2D eigenvalue weighted by Crippen LogP contribution is -2.51. The minimum absolute atomic E-state index is 0.000764. The van der Waals surface area contributed by atoms with Gasteiger partial charge < -0.3 is 15.0 Å². The van der Waals surface area contributed by atoms with E-state index < -0.39 is 22.2 Å². The molecule has 0 aromatic heterocycles. The molecule has 2 amide bonds. The Morgan fingerprint density at radius 1 is 1.03 bits per heavy atom. The molecule has 0 unspecified atom stereocenters. The van der Waals surface area contributed by atoms with E-state index in [1.54, 1.807) is 48.5 Å². The lowest BCUT2D eigenvalue weighted by molar-refractivity contribution is -0.128. The van der Waals surface area contributed by atoms with Gasteiger partial charge in [0.2, 0.25) is 15.9 Å². The lowest BCUT2D eigenvalue weighted by atomic mass is 10.0. The predicted molar refractivity (Wildman–Crippen MR) is 143 cm³/mol. The molecule has 0 saturated carbocycles. The van der Waals surface area contributed by atoms with Crippen LogP contribution in [0.4, 0.5) is 5.69 Å². The van der Waals surface area contributed by atoms with Crippen LogP contribution in [0.2, 0.25) is 5.02 Å². The molecule has 3 aromatic rings. The van der Waals surface area contributed by atoms with Crippen molar-refractivity contribution in [1.29, 1.82) is 0 Å². The van der Waals surface area contributed by atoms with E-state index in [4.69, 9.17) is 16.3 Å². The molecule has 0 aliphatic carbocycles. The maximum atomic E-state index is 13.5. The number of hydrogen-bond donors (Lipinski definition) is 2. The van der Waals surface area contributed by atoms with Crippen molar-refractivity contribution in [1.82, 2.24) is 10.0 Å². The molecule has 37 heavy (non-hydrogen) atoms. The summed E-state index contributed by atoms with van der Waals surface area (Å²) in [6.07, 6.45) is 0.635. The van der Waals surface area contributed by atoms with Crippen LogP contribution in [0.15, 0.2) is 78.9 Å². The number of nitrogens with one attached hydrogen (secondary N) is 2. The fourth-order valence-corrected chi connectivity index (χ4v) is 5.02. The zero-order valence-electron chi connectivity index (χ0n) is 20.3. The molecule has 0 fully saturated rings. The average molecular weight is 542 g/mol. The highest BCUT2D eigenvalue weighted by molar-refractivity contribution is 7.88. The zero-order valence-corrected chi connectivity index (χ0v) is 21.8. The van der Waals surface area contributed by atoms with Gasteiger partial charge in [-0.2, -0.15) is 0 Å². The number of ether oxygens (including phenoxy) is 1. The molecule has 3 aromatic carbocycles. The molecule has 1 heterocycles. The standard InChI is InChI=1S/C27H28ClN3O5S/c1-37(34,35)30-22(20-11-13-21(28)14-12-20)17-26(32)31-18-25(36-24-10-6-5-9-23(24)31)27(33)29-16-15-19-7-3-2-4-8-19/h2-14,22,25,30H,15-18H2,1H3,(H,29,33)/t22-,25-/m1/s1. The Balaban J connectivity index is 1.50. The van der Waals surface area contributed by atoms with E-state index in [1.165, 1.54) is 4.90 Å². The van der Waals surface area contributed by atoms with Gasteiger partial charge in [0.15, 0.2) is 6.10 Å². The summed E-state index contributed by atoms with van der Waals surface area (Å²) in [5.74, 6) is -0.273. The maximum Gasteiger partial charge on any atom is 0.262 e. The number of para-hydroxylation sites is 2. The summed E-state index contributed by atoms with van der Waals surface area (Å²) in [5.41, 5.74) is 2.22. The first-order chi connectivity index (χ1) is 17.7. The SMILES string of the molecule is CS(=O)(=O)N[C@H](CC(=O)N1C[C@H](C(=O)NCCc2ccccc2)Oc2ccccc21)c1ccc(Cl)cc1. The first kappa shape index (κ1) is 26.7. The van der Waals surface area contributed by atoms with E-state index in [0.29, 0.717) is 35.0 Å². The molecule has 0 saturated heterocycles. The number of benzene rings is 3. The number of rotatable bonds is 9. The third-order valence-electron chi connectivity index (χ3n) is 5.93. The van der Waals surface area contributed by atoms with Crippen molar-refractivity contribution in [3.8, 4) is 5.75 Å². The molecule has 8 nitrogen and oxygen atoms in total. The van der Waals surface area contributed by atoms with Crippen molar-refractivity contribution in [2.24, 2.45) is 0 Å². The molecular weight excluding hydrogens is 514 g/mol. The van der Waals surface area contributed by atoms with Gasteiger partial charge in [0.25, 0.3) is 5.91 Å². The second-order valence-corrected chi connectivity index (χ2v) is 11.0. The fraction of sp³-hybridized carbons (Fsp3) is 0.259. The molecule has 0 bridgehead atoms. The van der Waals surface area contributed by atoms with Crippen molar-refractivity contribution in [3.63, 3.8) is 0 Å². The van der Waals surface area contributed by atoms with Crippen LogP contribution >= 0.6 is 11.6 Å². The maximum absolute atomic E-state index is 13.5. The van der Waals surface area contributed by atoms with Gasteiger partial charge in [0, 0.05) is 18.0 Å². The van der Waals surface area contributed by atoms with Gasteiger partial charge in [-0.1, -0.05) is 66.2 Å². The number of carbonyl (C=O) groups excluding carboxylic acids is 2. The van der Waals surface area contributed by atoms with Crippen molar-refractivity contribution >= 4 is 39.1 Å². The van der Waals surface area contributed by atoms with Crippen LogP contribution in [0, 0.1) is 0 Å². The van der Waals surface area contributed by atoms with E-state index in [2.05, 4.69) is 10.0 Å². The van der Waals surface area contributed by atoms with Gasteiger partial charge in [0.1, 0.15) is 5.75 Å². The highest BCUT2D eigenvalue weighted by Crippen LogP contribution is 2.34. The van der Waals surface area contributed by atoms with E-state index in [1.807, 2.05) is 30.3 Å². The Labute approximate surface area is 221 Å². The minimum atomic E-state index is -3.62.